The number of nitrogens with one attached hydrogen (secondary N) is 2. The van der Waals surface area contributed by atoms with Crippen LogP contribution < -0.4 is 15.5 Å². The Hall–Kier alpha value is -1.59. The number of piperidine rings is 1. The minimum absolute atomic E-state index is 0.0240. The van der Waals surface area contributed by atoms with Gasteiger partial charge in [0.15, 0.2) is 0 Å². The average molecular weight is 289 g/mol. The number of benzene rings is 1. The normalized spacial score (nSPS) is 24.9. The van der Waals surface area contributed by atoms with Gasteiger partial charge in [0.25, 0.3) is 0 Å². The number of rotatable bonds is 4. The second-order valence-electron chi connectivity index (χ2n) is 5.89. The highest BCUT2D eigenvalue weighted by Gasteiger charge is 2.30. The molecule has 3 N–H and O–H groups in total. The summed E-state index contributed by atoms with van der Waals surface area (Å²) in [5, 5.41) is 15.5. The molecular formula is C16H23N3O2. The largest absolute Gasteiger partial charge is 0.396 e. The molecule has 2 aliphatic heterocycles. The molecule has 1 aromatic rings. The van der Waals surface area contributed by atoms with Crippen molar-refractivity contribution >= 4 is 17.3 Å². The monoisotopic (exact) mass is 289 g/mol. The molecule has 0 aliphatic carbocycles. The molecule has 5 heteroatoms. The molecule has 0 bridgehead atoms. The highest BCUT2D eigenvalue weighted by Crippen LogP contribution is 2.35. The molecule has 5 nitrogen and oxygen atoms in total. The van der Waals surface area contributed by atoms with Gasteiger partial charge in [-0.15, -0.1) is 0 Å². The average Bonchev–Trinajstić information content (AvgIpc) is 2.83. The Morgan fingerprint density at radius 3 is 3.10 bits per heavy atom. The van der Waals surface area contributed by atoms with Crippen molar-refractivity contribution in [3.63, 3.8) is 0 Å². The number of nitrogens with zero attached hydrogens (tertiary/aromatic N) is 1. The van der Waals surface area contributed by atoms with Gasteiger partial charge in [-0.1, -0.05) is 13.0 Å². The molecule has 2 heterocycles. The molecule has 1 aromatic carbocycles. The van der Waals surface area contributed by atoms with E-state index in [1.807, 2.05) is 13.0 Å². The van der Waals surface area contributed by atoms with Crippen LogP contribution in [0.1, 0.15) is 31.4 Å². The van der Waals surface area contributed by atoms with Crippen LogP contribution in [-0.2, 0) is 4.79 Å². The SMILES string of the molecule is CCNC1C(=O)Nc2cc(N3CCCC(CO)C3)ccc21. The van der Waals surface area contributed by atoms with Crippen molar-refractivity contribution < 1.29 is 9.90 Å². The smallest absolute Gasteiger partial charge is 0.246 e. The maximum Gasteiger partial charge on any atom is 0.246 e. The van der Waals surface area contributed by atoms with Gasteiger partial charge in [0.2, 0.25) is 5.91 Å². The van der Waals surface area contributed by atoms with Crippen LogP contribution in [0.5, 0.6) is 0 Å². The van der Waals surface area contributed by atoms with Crippen LogP contribution in [0.4, 0.5) is 11.4 Å². The van der Waals surface area contributed by atoms with Crippen molar-refractivity contribution in [3.8, 4) is 0 Å². The molecule has 0 aromatic heterocycles. The number of anilines is 2. The summed E-state index contributed by atoms with van der Waals surface area (Å²) >= 11 is 0. The molecule has 21 heavy (non-hydrogen) atoms. The number of fused-ring (bicyclic) bond motifs is 1. The van der Waals surface area contributed by atoms with Crippen molar-refractivity contribution in [2.24, 2.45) is 5.92 Å². The van der Waals surface area contributed by atoms with Crippen LogP contribution in [0.25, 0.3) is 0 Å². The van der Waals surface area contributed by atoms with Crippen molar-refractivity contribution in [1.29, 1.82) is 0 Å². The maximum absolute atomic E-state index is 12.0. The van der Waals surface area contributed by atoms with Gasteiger partial charge < -0.3 is 20.6 Å². The van der Waals surface area contributed by atoms with Gasteiger partial charge >= 0.3 is 0 Å². The lowest BCUT2D eigenvalue weighted by Gasteiger charge is -2.33. The zero-order valence-corrected chi connectivity index (χ0v) is 12.4. The lowest BCUT2D eigenvalue weighted by atomic mass is 9.98. The maximum atomic E-state index is 12.0. The minimum Gasteiger partial charge on any atom is -0.396 e. The van der Waals surface area contributed by atoms with Gasteiger partial charge in [0.05, 0.1) is 0 Å². The van der Waals surface area contributed by atoms with E-state index >= 15 is 0 Å². The first-order valence-electron chi connectivity index (χ1n) is 7.77. The third kappa shape index (κ3) is 2.76. The lowest BCUT2D eigenvalue weighted by Crippen LogP contribution is -2.36. The molecule has 0 radical (unpaired) electrons. The van der Waals surface area contributed by atoms with Crippen molar-refractivity contribution in [2.75, 3.05) is 36.5 Å². The summed E-state index contributed by atoms with van der Waals surface area (Å²) in [6.07, 6.45) is 2.20. The number of amides is 1. The number of carbonyl (C=O) groups is 1. The Kier molecular flexibility index (Phi) is 4.12. The van der Waals surface area contributed by atoms with Gasteiger partial charge in [0.1, 0.15) is 6.04 Å². The van der Waals surface area contributed by atoms with E-state index in [1.54, 1.807) is 0 Å². The highest BCUT2D eigenvalue weighted by molar-refractivity contribution is 6.03. The Bertz CT molecular complexity index is 532. The van der Waals surface area contributed by atoms with E-state index in [-0.39, 0.29) is 18.6 Å². The molecule has 1 fully saturated rings. The summed E-state index contributed by atoms with van der Waals surface area (Å²) < 4.78 is 0. The van der Waals surface area contributed by atoms with Crippen LogP contribution in [0.15, 0.2) is 18.2 Å². The van der Waals surface area contributed by atoms with E-state index in [0.717, 1.165) is 49.4 Å². The molecule has 0 saturated carbocycles. The summed E-state index contributed by atoms with van der Waals surface area (Å²) in [7, 11) is 0. The quantitative estimate of drug-likeness (QED) is 0.786. The summed E-state index contributed by atoms with van der Waals surface area (Å²) in [5.41, 5.74) is 3.07. The Morgan fingerprint density at radius 2 is 2.33 bits per heavy atom. The third-order valence-corrected chi connectivity index (χ3v) is 4.42. The standard InChI is InChI=1S/C16H23N3O2/c1-2-17-15-13-6-5-12(8-14(13)18-16(15)21)19-7-3-4-11(9-19)10-20/h5-6,8,11,15,17,20H,2-4,7,9-10H2,1H3,(H,18,21). The van der Waals surface area contributed by atoms with Gasteiger partial charge in [-0.3, -0.25) is 4.79 Å². The van der Waals surface area contributed by atoms with Crippen molar-refractivity contribution in [3.05, 3.63) is 23.8 Å². The highest BCUT2D eigenvalue weighted by atomic mass is 16.3. The van der Waals surface area contributed by atoms with Gasteiger partial charge in [-0.2, -0.15) is 0 Å². The second kappa shape index (κ2) is 6.03. The van der Waals surface area contributed by atoms with Crippen molar-refractivity contribution in [2.45, 2.75) is 25.8 Å². The molecule has 2 aliphatic rings. The molecule has 114 valence electrons. The molecule has 0 spiro atoms. The molecule has 1 saturated heterocycles. The number of likely N-dealkylation sites (N-methyl/N-ethyl adjacent to an activating group) is 1. The summed E-state index contributed by atoms with van der Waals surface area (Å²) in [6, 6.07) is 5.96. The first-order chi connectivity index (χ1) is 10.2. The molecule has 2 unspecified atom stereocenters. The summed E-state index contributed by atoms with van der Waals surface area (Å²) in [4.78, 5) is 14.3. The topological polar surface area (TPSA) is 64.6 Å². The predicted molar refractivity (Wildman–Crippen MR) is 83.5 cm³/mol. The zero-order chi connectivity index (χ0) is 14.8. The number of hydrogen-bond acceptors (Lipinski definition) is 4. The van der Waals surface area contributed by atoms with Crippen LogP contribution in [0.3, 0.4) is 0 Å². The number of aliphatic hydroxyl groups excluding tert-OH is 1. The molecule has 1 amide bonds. The number of carbonyl (C=O) groups excluding carboxylic acids is 1. The zero-order valence-electron chi connectivity index (χ0n) is 12.4. The lowest BCUT2D eigenvalue weighted by molar-refractivity contribution is -0.117. The van der Waals surface area contributed by atoms with Crippen LogP contribution in [0.2, 0.25) is 0 Å². The third-order valence-electron chi connectivity index (χ3n) is 4.42. The Balaban J connectivity index is 1.81. The summed E-state index contributed by atoms with van der Waals surface area (Å²) in [5.74, 6) is 0.381. The fourth-order valence-electron chi connectivity index (χ4n) is 3.30. The number of hydrogen-bond donors (Lipinski definition) is 3. The summed E-state index contributed by atoms with van der Waals surface area (Å²) in [6.45, 7) is 4.92. The van der Waals surface area contributed by atoms with E-state index in [1.165, 1.54) is 0 Å². The molecule has 3 rings (SSSR count). The van der Waals surface area contributed by atoms with Crippen LogP contribution in [0, 0.1) is 5.92 Å². The Morgan fingerprint density at radius 1 is 1.48 bits per heavy atom. The second-order valence-corrected chi connectivity index (χ2v) is 5.89. The van der Waals surface area contributed by atoms with Gasteiger partial charge in [-0.05, 0) is 37.4 Å². The molecule has 2 atom stereocenters. The predicted octanol–water partition coefficient (Wildman–Crippen LogP) is 1.50. The van der Waals surface area contributed by atoms with Gasteiger partial charge in [0, 0.05) is 36.6 Å². The van der Waals surface area contributed by atoms with Crippen LogP contribution in [-0.4, -0.2) is 37.3 Å². The fourth-order valence-corrected chi connectivity index (χ4v) is 3.30. The van der Waals surface area contributed by atoms with E-state index in [0.29, 0.717) is 5.92 Å². The first-order valence-corrected chi connectivity index (χ1v) is 7.77. The van der Waals surface area contributed by atoms with E-state index in [9.17, 15) is 9.90 Å². The fraction of sp³-hybridized carbons (Fsp3) is 0.562. The number of aliphatic hydroxyl groups is 1. The van der Waals surface area contributed by atoms with Crippen LogP contribution >= 0.6 is 0 Å². The van der Waals surface area contributed by atoms with Crippen molar-refractivity contribution in [1.82, 2.24) is 5.32 Å². The molecular weight excluding hydrogens is 266 g/mol. The first kappa shape index (κ1) is 14.4. The minimum atomic E-state index is -0.231. The van der Waals surface area contributed by atoms with E-state index in [2.05, 4.69) is 27.7 Å². The Labute approximate surface area is 125 Å². The van der Waals surface area contributed by atoms with Gasteiger partial charge in [-0.25, -0.2) is 0 Å². The van der Waals surface area contributed by atoms with E-state index < -0.39 is 0 Å². The van der Waals surface area contributed by atoms with E-state index in [4.69, 9.17) is 0 Å².